The first kappa shape index (κ1) is 25.1. The van der Waals surface area contributed by atoms with E-state index in [0.29, 0.717) is 5.92 Å². The molecule has 1 nitrogen and oxygen atoms in total. The highest BCUT2D eigenvalue weighted by Crippen LogP contribution is 2.48. The molecule has 34 heavy (non-hydrogen) atoms. The maximum Gasteiger partial charge on any atom is 0.573 e. The minimum Gasteiger partial charge on any atom is -0.406 e. The number of hydrogen-bond donors (Lipinski definition) is 0. The molecule has 0 saturated heterocycles. The van der Waals surface area contributed by atoms with E-state index in [0.717, 1.165) is 28.9 Å². The minimum atomic E-state index is -4.66. The molecule has 2 aromatic rings. The zero-order valence-electron chi connectivity index (χ0n) is 20.5. The van der Waals surface area contributed by atoms with Gasteiger partial charge in [-0.15, -0.1) is 13.2 Å². The van der Waals surface area contributed by atoms with Crippen molar-refractivity contribution in [1.29, 1.82) is 0 Å². The highest BCUT2D eigenvalue weighted by atomic mass is 19.4. The number of rotatable bonds is 9. The summed E-state index contributed by atoms with van der Waals surface area (Å²) in [7, 11) is 0. The van der Waals surface area contributed by atoms with Crippen molar-refractivity contribution < 1.29 is 17.9 Å². The number of halogens is 3. The van der Waals surface area contributed by atoms with E-state index in [9.17, 15) is 13.2 Å². The summed E-state index contributed by atoms with van der Waals surface area (Å²) in [4.78, 5) is 0. The molecule has 0 bridgehead atoms. The summed E-state index contributed by atoms with van der Waals surface area (Å²) in [5.41, 5.74) is 3.34. The average molecular weight is 473 g/mol. The zero-order chi connectivity index (χ0) is 24.0. The fourth-order valence-electron chi connectivity index (χ4n) is 6.38. The van der Waals surface area contributed by atoms with Crippen LogP contribution in [0.2, 0.25) is 0 Å². The number of benzene rings is 2. The monoisotopic (exact) mass is 472 g/mol. The normalized spacial score (nSPS) is 25.1. The van der Waals surface area contributed by atoms with E-state index in [-0.39, 0.29) is 5.75 Å². The number of fused-ring (bicyclic) bond motifs is 1. The standard InChI is InChI=1S/C30H39F3O/c1-2-3-4-5-6-7-22-8-9-28-21-27(15-14-26(28)20-22)25-12-10-23(11-13-25)24-16-18-29(19-17-24)34-30(31,32)33/h10-13,16-19,22,26-28H,2-9,14-15,20-21H2,1H3/t22?,26-,27-,28-/m1/s1. The molecule has 0 N–H and O–H groups in total. The molecule has 4 rings (SSSR count). The van der Waals surface area contributed by atoms with Crippen molar-refractivity contribution >= 4 is 0 Å². The van der Waals surface area contributed by atoms with Gasteiger partial charge in [0.05, 0.1) is 0 Å². The quantitative estimate of drug-likeness (QED) is 0.330. The molecule has 0 radical (unpaired) electrons. The van der Waals surface area contributed by atoms with Gasteiger partial charge >= 0.3 is 6.36 Å². The van der Waals surface area contributed by atoms with E-state index >= 15 is 0 Å². The molecule has 0 spiro atoms. The highest BCUT2D eigenvalue weighted by Gasteiger charge is 2.35. The third-order valence-electron chi connectivity index (χ3n) is 8.24. The van der Waals surface area contributed by atoms with Gasteiger partial charge < -0.3 is 4.74 Å². The van der Waals surface area contributed by atoms with E-state index < -0.39 is 6.36 Å². The number of alkyl halides is 3. The maximum absolute atomic E-state index is 12.4. The van der Waals surface area contributed by atoms with Crippen molar-refractivity contribution in [3.05, 3.63) is 54.1 Å². The maximum atomic E-state index is 12.4. The van der Waals surface area contributed by atoms with Crippen molar-refractivity contribution in [2.75, 3.05) is 0 Å². The van der Waals surface area contributed by atoms with Crippen LogP contribution in [-0.4, -0.2) is 6.36 Å². The Balaban J connectivity index is 1.27. The predicted molar refractivity (Wildman–Crippen MR) is 133 cm³/mol. The van der Waals surface area contributed by atoms with Crippen molar-refractivity contribution in [3.63, 3.8) is 0 Å². The van der Waals surface area contributed by atoms with Gasteiger partial charge in [-0.3, -0.25) is 0 Å². The molecule has 0 amide bonds. The van der Waals surface area contributed by atoms with E-state index in [1.807, 2.05) is 0 Å². The van der Waals surface area contributed by atoms with Gasteiger partial charge in [0.25, 0.3) is 0 Å². The molecule has 0 heterocycles. The molecule has 2 fully saturated rings. The van der Waals surface area contributed by atoms with Gasteiger partial charge in [-0.2, -0.15) is 0 Å². The third kappa shape index (κ3) is 7.02. The molecular weight excluding hydrogens is 433 g/mol. The summed E-state index contributed by atoms with van der Waals surface area (Å²) >= 11 is 0. The summed E-state index contributed by atoms with van der Waals surface area (Å²) in [5, 5.41) is 0. The molecule has 2 saturated carbocycles. The molecular formula is C30H39F3O. The number of unbranched alkanes of at least 4 members (excludes halogenated alkanes) is 4. The second-order valence-corrected chi connectivity index (χ2v) is 10.6. The van der Waals surface area contributed by atoms with Crippen LogP contribution in [0.3, 0.4) is 0 Å². The molecule has 2 aliphatic rings. The van der Waals surface area contributed by atoms with Gasteiger partial charge in [0.2, 0.25) is 0 Å². The summed E-state index contributed by atoms with van der Waals surface area (Å²) in [6.45, 7) is 2.28. The topological polar surface area (TPSA) is 9.23 Å². The second-order valence-electron chi connectivity index (χ2n) is 10.6. The molecule has 4 atom stereocenters. The largest absolute Gasteiger partial charge is 0.573 e. The van der Waals surface area contributed by atoms with Gasteiger partial charge in [-0.1, -0.05) is 88.3 Å². The number of ether oxygens (including phenoxy) is 1. The lowest BCUT2D eigenvalue weighted by atomic mass is 9.63. The average Bonchev–Trinajstić information content (AvgIpc) is 2.83. The van der Waals surface area contributed by atoms with Crippen LogP contribution in [0.1, 0.15) is 95.5 Å². The van der Waals surface area contributed by atoms with Crippen molar-refractivity contribution in [1.82, 2.24) is 0 Å². The van der Waals surface area contributed by atoms with Gasteiger partial charge in [0.15, 0.2) is 0 Å². The molecule has 4 heteroatoms. The Morgan fingerprint density at radius 2 is 1.35 bits per heavy atom. The van der Waals surface area contributed by atoms with Gasteiger partial charge in [0.1, 0.15) is 5.75 Å². The van der Waals surface area contributed by atoms with Crippen LogP contribution in [-0.2, 0) is 0 Å². The Labute approximate surface area is 203 Å². The minimum absolute atomic E-state index is 0.184. The fraction of sp³-hybridized carbons (Fsp3) is 0.600. The molecule has 0 aromatic heterocycles. The molecule has 1 unspecified atom stereocenters. The lowest BCUT2D eigenvalue weighted by Crippen LogP contribution is -2.30. The SMILES string of the molecule is CCCCCCCC1CC[C@@H]2C[C@H](c3ccc(-c4ccc(OC(F)(F)F)cc4)cc3)CC[C@@H]2C1. The van der Waals surface area contributed by atoms with E-state index in [1.165, 1.54) is 94.7 Å². The van der Waals surface area contributed by atoms with Crippen LogP contribution in [0.15, 0.2) is 48.5 Å². The Bertz CT molecular complexity index is 871. The molecule has 2 aromatic carbocycles. The van der Waals surface area contributed by atoms with Gasteiger partial charge in [-0.05, 0) is 84.6 Å². The molecule has 186 valence electrons. The Morgan fingerprint density at radius 1 is 0.735 bits per heavy atom. The Hall–Kier alpha value is -1.97. The van der Waals surface area contributed by atoms with Crippen LogP contribution < -0.4 is 4.74 Å². The van der Waals surface area contributed by atoms with Crippen LogP contribution in [0.25, 0.3) is 11.1 Å². The van der Waals surface area contributed by atoms with Crippen LogP contribution in [0, 0.1) is 17.8 Å². The fourth-order valence-corrected chi connectivity index (χ4v) is 6.38. The van der Waals surface area contributed by atoms with Crippen LogP contribution in [0.5, 0.6) is 5.75 Å². The Morgan fingerprint density at radius 3 is 2.03 bits per heavy atom. The zero-order valence-corrected chi connectivity index (χ0v) is 20.5. The molecule has 0 aliphatic heterocycles. The van der Waals surface area contributed by atoms with Crippen LogP contribution >= 0.6 is 0 Å². The van der Waals surface area contributed by atoms with E-state index in [2.05, 4.69) is 35.9 Å². The lowest BCUT2D eigenvalue weighted by molar-refractivity contribution is -0.274. The summed E-state index contributed by atoms with van der Waals surface area (Å²) in [5.74, 6) is 3.24. The van der Waals surface area contributed by atoms with Crippen molar-refractivity contribution in [2.45, 2.75) is 96.3 Å². The van der Waals surface area contributed by atoms with Crippen molar-refractivity contribution in [3.8, 4) is 16.9 Å². The number of hydrogen-bond acceptors (Lipinski definition) is 1. The molecule has 2 aliphatic carbocycles. The van der Waals surface area contributed by atoms with Crippen LogP contribution in [0.4, 0.5) is 13.2 Å². The van der Waals surface area contributed by atoms with Crippen molar-refractivity contribution in [2.24, 2.45) is 17.8 Å². The first-order valence-corrected chi connectivity index (χ1v) is 13.4. The van der Waals surface area contributed by atoms with E-state index in [1.54, 1.807) is 12.1 Å². The lowest BCUT2D eigenvalue weighted by Gasteiger charge is -2.42. The summed E-state index contributed by atoms with van der Waals surface area (Å²) in [6, 6.07) is 14.8. The van der Waals surface area contributed by atoms with E-state index in [4.69, 9.17) is 0 Å². The van der Waals surface area contributed by atoms with Gasteiger partial charge in [-0.25, -0.2) is 0 Å². The Kier molecular flexibility index (Phi) is 8.60. The highest BCUT2D eigenvalue weighted by molar-refractivity contribution is 5.64. The van der Waals surface area contributed by atoms with Gasteiger partial charge in [0, 0.05) is 0 Å². The smallest absolute Gasteiger partial charge is 0.406 e. The summed E-state index contributed by atoms with van der Waals surface area (Å²) in [6.07, 6.45) is 12.0. The predicted octanol–water partition coefficient (Wildman–Crippen LogP) is 9.91. The first-order chi connectivity index (χ1) is 16.4. The summed E-state index contributed by atoms with van der Waals surface area (Å²) < 4.78 is 41.1. The second kappa shape index (κ2) is 11.6. The first-order valence-electron chi connectivity index (χ1n) is 13.4. The third-order valence-corrected chi connectivity index (χ3v) is 8.24.